The number of hydrogen-bond donors (Lipinski definition) is 1. The highest BCUT2D eigenvalue weighted by Crippen LogP contribution is 2.25. The molecule has 0 fully saturated rings. The lowest BCUT2D eigenvalue weighted by Crippen LogP contribution is -2.12. The predicted octanol–water partition coefficient (Wildman–Crippen LogP) is 2.23. The van der Waals surface area contributed by atoms with Crippen molar-refractivity contribution in [3.05, 3.63) is 46.1 Å². The van der Waals surface area contributed by atoms with E-state index in [1.807, 2.05) is 0 Å². The molecule has 1 heterocycles. The van der Waals surface area contributed by atoms with Crippen molar-refractivity contribution in [2.24, 2.45) is 0 Å². The summed E-state index contributed by atoms with van der Waals surface area (Å²) >= 11 is 0.751. The zero-order valence-electron chi connectivity index (χ0n) is 10.7. The van der Waals surface area contributed by atoms with Crippen LogP contribution in [0.3, 0.4) is 0 Å². The van der Waals surface area contributed by atoms with E-state index in [0.29, 0.717) is 0 Å². The topological polar surface area (TPSA) is 111 Å². The van der Waals surface area contributed by atoms with Gasteiger partial charge in [0.1, 0.15) is 11.9 Å². The van der Waals surface area contributed by atoms with E-state index in [0.717, 1.165) is 17.5 Å². The van der Waals surface area contributed by atoms with Gasteiger partial charge in [-0.3, -0.25) is 25.0 Å². The van der Waals surface area contributed by atoms with Gasteiger partial charge >= 0.3 is 11.0 Å². The Hall–Kier alpha value is -2.81. The first-order chi connectivity index (χ1) is 9.95. The van der Waals surface area contributed by atoms with Gasteiger partial charge in [0.05, 0.1) is 4.92 Å². The minimum atomic E-state index is -0.589. The van der Waals surface area contributed by atoms with Crippen LogP contribution in [0.5, 0.6) is 5.75 Å². The Morgan fingerprint density at radius 3 is 2.81 bits per heavy atom. The molecule has 0 atom stereocenters. The van der Waals surface area contributed by atoms with Crippen LogP contribution < -0.4 is 10.1 Å². The first-order valence-corrected chi connectivity index (χ1v) is 6.47. The van der Waals surface area contributed by atoms with Gasteiger partial charge in [0.15, 0.2) is 5.13 Å². The van der Waals surface area contributed by atoms with Gasteiger partial charge in [-0.15, -0.1) is 0 Å². The quantitative estimate of drug-likeness (QED) is 0.401. The number of thiazole rings is 1. The van der Waals surface area contributed by atoms with Crippen molar-refractivity contribution in [2.75, 3.05) is 5.32 Å². The standard InChI is InChI=1S/C12H9N3O5S/c1-7(16)20-9-4-2-3-8(5-9)11(17)14-12-13-6-10(21-12)15(18)19/h2-6H,1H3,(H,13,14,17). The van der Waals surface area contributed by atoms with Crippen molar-refractivity contribution < 1.29 is 19.2 Å². The maximum Gasteiger partial charge on any atom is 0.345 e. The molecule has 1 aromatic carbocycles. The molecule has 21 heavy (non-hydrogen) atoms. The maximum absolute atomic E-state index is 12.0. The molecule has 2 rings (SSSR count). The Balaban J connectivity index is 2.12. The van der Waals surface area contributed by atoms with Gasteiger partial charge in [-0.05, 0) is 29.5 Å². The van der Waals surface area contributed by atoms with Crippen LogP contribution in [0.1, 0.15) is 17.3 Å². The van der Waals surface area contributed by atoms with E-state index in [9.17, 15) is 19.7 Å². The third kappa shape index (κ3) is 3.83. The summed E-state index contributed by atoms with van der Waals surface area (Å²) in [6.07, 6.45) is 1.07. The number of carbonyl (C=O) groups excluding carboxylic acids is 2. The largest absolute Gasteiger partial charge is 0.427 e. The monoisotopic (exact) mass is 307 g/mol. The van der Waals surface area contributed by atoms with Crippen molar-refractivity contribution in [1.82, 2.24) is 4.98 Å². The predicted molar refractivity (Wildman–Crippen MR) is 74.5 cm³/mol. The molecular weight excluding hydrogens is 298 g/mol. The molecule has 2 aromatic rings. The number of carbonyl (C=O) groups is 2. The fourth-order valence-electron chi connectivity index (χ4n) is 1.44. The highest BCUT2D eigenvalue weighted by molar-refractivity contribution is 7.18. The number of ether oxygens (including phenoxy) is 1. The van der Waals surface area contributed by atoms with Crippen LogP contribution in [0.15, 0.2) is 30.5 Å². The van der Waals surface area contributed by atoms with E-state index in [2.05, 4.69) is 10.3 Å². The van der Waals surface area contributed by atoms with Crippen molar-refractivity contribution in [2.45, 2.75) is 6.92 Å². The lowest BCUT2D eigenvalue weighted by molar-refractivity contribution is -0.380. The molecule has 1 aromatic heterocycles. The molecule has 0 aliphatic heterocycles. The lowest BCUT2D eigenvalue weighted by atomic mass is 10.2. The van der Waals surface area contributed by atoms with E-state index >= 15 is 0 Å². The number of aromatic nitrogens is 1. The van der Waals surface area contributed by atoms with Crippen molar-refractivity contribution in [1.29, 1.82) is 0 Å². The third-order valence-corrected chi connectivity index (χ3v) is 3.12. The van der Waals surface area contributed by atoms with Crippen molar-refractivity contribution in [3.8, 4) is 5.75 Å². The summed E-state index contributed by atoms with van der Waals surface area (Å²) < 4.78 is 4.87. The fraction of sp³-hybridized carbons (Fsp3) is 0.0833. The first kappa shape index (κ1) is 14.6. The van der Waals surface area contributed by atoms with E-state index in [1.54, 1.807) is 6.07 Å². The van der Waals surface area contributed by atoms with Crippen LogP contribution in [0.2, 0.25) is 0 Å². The summed E-state index contributed by atoms with van der Waals surface area (Å²) in [6.45, 7) is 1.25. The van der Waals surface area contributed by atoms with Crippen LogP contribution in [0.25, 0.3) is 0 Å². The first-order valence-electron chi connectivity index (χ1n) is 5.66. The second-order valence-electron chi connectivity index (χ2n) is 3.84. The van der Waals surface area contributed by atoms with Crippen LogP contribution in [-0.2, 0) is 4.79 Å². The normalized spacial score (nSPS) is 9.95. The number of anilines is 1. The van der Waals surface area contributed by atoms with E-state index in [-0.39, 0.29) is 21.4 Å². The number of esters is 1. The average Bonchev–Trinajstić information content (AvgIpc) is 2.87. The molecule has 0 aliphatic carbocycles. The third-order valence-electron chi connectivity index (χ3n) is 2.25. The molecule has 8 nitrogen and oxygen atoms in total. The summed E-state index contributed by atoms with van der Waals surface area (Å²) in [5.41, 5.74) is 0.242. The fourth-order valence-corrected chi connectivity index (χ4v) is 2.07. The van der Waals surface area contributed by atoms with Crippen LogP contribution >= 0.6 is 11.3 Å². The number of nitro groups is 1. The Morgan fingerprint density at radius 2 is 2.19 bits per heavy atom. The van der Waals surface area contributed by atoms with Crippen LogP contribution in [-0.4, -0.2) is 21.8 Å². The smallest absolute Gasteiger partial charge is 0.345 e. The summed E-state index contributed by atoms with van der Waals surface area (Å²) in [4.78, 5) is 36.5. The molecule has 1 N–H and O–H groups in total. The number of rotatable bonds is 4. The van der Waals surface area contributed by atoms with Gasteiger partial charge in [-0.2, -0.15) is 0 Å². The Bertz CT molecular complexity index is 712. The number of amides is 1. The second-order valence-corrected chi connectivity index (χ2v) is 4.85. The molecule has 0 unspecified atom stereocenters. The van der Waals surface area contributed by atoms with E-state index < -0.39 is 16.8 Å². The maximum atomic E-state index is 12.0. The van der Waals surface area contributed by atoms with Gasteiger partial charge in [0.25, 0.3) is 5.91 Å². The molecule has 1 amide bonds. The number of hydrogen-bond acceptors (Lipinski definition) is 7. The molecule has 108 valence electrons. The molecule has 0 bridgehead atoms. The Labute approximate surface area is 122 Å². The van der Waals surface area contributed by atoms with Crippen LogP contribution in [0.4, 0.5) is 10.1 Å². The lowest BCUT2D eigenvalue weighted by Gasteiger charge is -2.04. The van der Waals surface area contributed by atoms with E-state index in [4.69, 9.17) is 4.74 Å². The molecule has 0 saturated carbocycles. The summed E-state index contributed by atoms with van der Waals surface area (Å²) in [7, 11) is 0. The Morgan fingerprint density at radius 1 is 1.43 bits per heavy atom. The SMILES string of the molecule is CC(=O)Oc1cccc(C(=O)Nc2ncc([N+](=O)[O-])s2)c1. The number of nitrogens with zero attached hydrogens (tertiary/aromatic N) is 2. The molecular formula is C12H9N3O5S. The zero-order valence-corrected chi connectivity index (χ0v) is 11.5. The van der Waals surface area contributed by atoms with Crippen LogP contribution in [0, 0.1) is 10.1 Å². The summed E-state index contributed by atoms with van der Waals surface area (Å²) in [5, 5.41) is 12.9. The van der Waals surface area contributed by atoms with Crippen molar-refractivity contribution >= 4 is 33.3 Å². The minimum Gasteiger partial charge on any atom is -0.427 e. The highest BCUT2D eigenvalue weighted by atomic mass is 32.1. The van der Waals surface area contributed by atoms with E-state index in [1.165, 1.54) is 25.1 Å². The molecule has 9 heteroatoms. The van der Waals surface area contributed by atoms with Gasteiger partial charge in [-0.1, -0.05) is 6.07 Å². The average molecular weight is 307 g/mol. The van der Waals surface area contributed by atoms with Gasteiger partial charge < -0.3 is 4.74 Å². The summed E-state index contributed by atoms with van der Waals surface area (Å²) in [6, 6.07) is 5.99. The molecule has 0 radical (unpaired) electrons. The van der Waals surface area contributed by atoms with Gasteiger partial charge in [0, 0.05) is 12.5 Å². The summed E-state index contributed by atoms with van der Waals surface area (Å²) in [5.74, 6) is -0.767. The van der Waals surface area contributed by atoms with Gasteiger partial charge in [0.2, 0.25) is 0 Å². The number of nitrogens with one attached hydrogen (secondary N) is 1. The Kier molecular flexibility index (Phi) is 4.24. The number of benzene rings is 1. The minimum absolute atomic E-state index is 0.115. The van der Waals surface area contributed by atoms with Gasteiger partial charge in [-0.25, -0.2) is 4.98 Å². The van der Waals surface area contributed by atoms with Crippen molar-refractivity contribution in [3.63, 3.8) is 0 Å². The molecule has 0 saturated heterocycles. The zero-order chi connectivity index (χ0) is 15.4. The second kappa shape index (κ2) is 6.09. The molecule has 0 spiro atoms. The molecule has 0 aliphatic rings. The highest BCUT2D eigenvalue weighted by Gasteiger charge is 2.14.